The van der Waals surface area contributed by atoms with E-state index in [0.717, 1.165) is 11.1 Å². The van der Waals surface area contributed by atoms with E-state index in [9.17, 15) is 9.59 Å². The van der Waals surface area contributed by atoms with Crippen LogP contribution >= 0.6 is 23.2 Å². The minimum absolute atomic E-state index is 0.310. The van der Waals surface area contributed by atoms with Gasteiger partial charge in [-0.1, -0.05) is 47.5 Å². The molecule has 0 radical (unpaired) electrons. The molecule has 164 valence electrons. The van der Waals surface area contributed by atoms with Crippen molar-refractivity contribution in [1.82, 2.24) is 5.43 Å². The number of halogens is 2. The molecule has 0 saturated heterocycles. The normalized spacial score (nSPS) is 11.1. The van der Waals surface area contributed by atoms with Crippen molar-refractivity contribution in [1.29, 1.82) is 0 Å². The van der Waals surface area contributed by atoms with Crippen LogP contribution in [0.5, 0.6) is 5.75 Å². The molecule has 2 N–H and O–H groups in total. The van der Waals surface area contributed by atoms with Gasteiger partial charge in [0.05, 0.1) is 5.71 Å². The number of nitrogens with one attached hydrogen (secondary N) is 2. The first-order valence-electron chi connectivity index (χ1n) is 9.71. The van der Waals surface area contributed by atoms with Gasteiger partial charge in [-0.05, 0) is 73.0 Å². The summed E-state index contributed by atoms with van der Waals surface area (Å²) in [5.74, 6) is -1.09. The van der Waals surface area contributed by atoms with Gasteiger partial charge in [-0.15, -0.1) is 0 Å². The fourth-order valence-corrected chi connectivity index (χ4v) is 3.32. The number of benzene rings is 3. The van der Waals surface area contributed by atoms with Crippen LogP contribution in [0.25, 0.3) is 0 Å². The molecule has 0 aliphatic rings. The number of hydrogen-bond acceptors (Lipinski definition) is 4. The maximum atomic E-state index is 12.0. The van der Waals surface area contributed by atoms with Gasteiger partial charge in [-0.3, -0.25) is 9.59 Å². The second kappa shape index (κ2) is 10.8. The molecule has 0 spiro atoms. The van der Waals surface area contributed by atoms with Crippen LogP contribution in [0.2, 0.25) is 10.0 Å². The maximum Gasteiger partial charge on any atom is 0.329 e. The van der Waals surface area contributed by atoms with Crippen molar-refractivity contribution in [3.63, 3.8) is 0 Å². The Morgan fingerprint density at radius 3 is 2.25 bits per heavy atom. The number of amides is 2. The molecule has 0 bridgehead atoms. The van der Waals surface area contributed by atoms with Gasteiger partial charge >= 0.3 is 11.8 Å². The highest BCUT2D eigenvalue weighted by Gasteiger charge is 2.14. The Bertz CT molecular complexity index is 1140. The Labute approximate surface area is 196 Å². The summed E-state index contributed by atoms with van der Waals surface area (Å²) in [6.45, 7) is 4.24. The zero-order valence-electron chi connectivity index (χ0n) is 17.5. The van der Waals surface area contributed by atoms with Crippen LogP contribution in [-0.4, -0.2) is 17.5 Å². The van der Waals surface area contributed by atoms with E-state index in [4.69, 9.17) is 27.9 Å². The molecule has 32 heavy (non-hydrogen) atoms. The Kier molecular flexibility index (Phi) is 7.87. The SMILES string of the molecule is C/C(=N\NC(=O)C(=O)Nc1cc(Cl)cc(Cl)c1)c1ccc(OCc2ccccc2C)cc1. The second-order valence-corrected chi connectivity index (χ2v) is 7.86. The number of carbonyl (C=O) groups excluding carboxylic acids is 2. The molecular formula is C24H21Cl2N3O3. The number of aryl methyl sites for hydroxylation is 1. The van der Waals surface area contributed by atoms with Crippen LogP contribution in [0.1, 0.15) is 23.6 Å². The highest BCUT2D eigenvalue weighted by atomic mass is 35.5. The summed E-state index contributed by atoms with van der Waals surface area (Å²) in [5, 5.41) is 7.09. The van der Waals surface area contributed by atoms with Gasteiger partial charge in [0.25, 0.3) is 0 Å². The molecule has 3 aromatic carbocycles. The van der Waals surface area contributed by atoms with E-state index in [0.29, 0.717) is 33.8 Å². The van der Waals surface area contributed by atoms with Gasteiger partial charge in [-0.2, -0.15) is 5.10 Å². The van der Waals surface area contributed by atoms with E-state index in [1.165, 1.54) is 23.8 Å². The van der Waals surface area contributed by atoms with Crippen molar-refractivity contribution in [2.45, 2.75) is 20.5 Å². The van der Waals surface area contributed by atoms with Gasteiger partial charge in [0, 0.05) is 15.7 Å². The molecule has 0 aliphatic carbocycles. The monoisotopic (exact) mass is 469 g/mol. The summed E-state index contributed by atoms with van der Waals surface area (Å²) in [6, 6.07) is 19.8. The second-order valence-electron chi connectivity index (χ2n) is 6.99. The third kappa shape index (κ3) is 6.57. The smallest absolute Gasteiger partial charge is 0.329 e. The predicted molar refractivity (Wildman–Crippen MR) is 127 cm³/mol. The zero-order chi connectivity index (χ0) is 23.1. The summed E-state index contributed by atoms with van der Waals surface area (Å²) in [5.41, 5.74) is 6.14. The largest absolute Gasteiger partial charge is 0.489 e. The molecule has 2 amide bonds. The van der Waals surface area contributed by atoms with E-state index >= 15 is 0 Å². The van der Waals surface area contributed by atoms with Crippen molar-refractivity contribution in [2.75, 3.05) is 5.32 Å². The number of ether oxygens (including phenoxy) is 1. The average molecular weight is 470 g/mol. The van der Waals surface area contributed by atoms with Crippen molar-refractivity contribution in [3.8, 4) is 5.75 Å². The van der Waals surface area contributed by atoms with Crippen LogP contribution in [0, 0.1) is 6.92 Å². The highest BCUT2D eigenvalue weighted by molar-refractivity contribution is 6.40. The average Bonchev–Trinajstić information content (AvgIpc) is 2.76. The standard InChI is InChI=1S/C24H21Cl2N3O3/c1-15-5-3-4-6-18(15)14-32-22-9-7-17(8-10-22)16(2)28-29-24(31)23(30)27-21-12-19(25)11-20(26)13-21/h3-13H,14H2,1-2H3,(H,27,30)(H,29,31)/b28-16+. The minimum atomic E-state index is -0.918. The number of rotatable bonds is 6. The van der Waals surface area contributed by atoms with E-state index in [-0.39, 0.29) is 0 Å². The molecule has 0 unspecified atom stereocenters. The maximum absolute atomic E-state index is 12.0. The quantitative estimate of drug-likeness (QED) is 0.289. The fourth-order valence-electron chi connectivity index (χ4n) is 2.79. The van der Waals surface area contributed by atoms with Gasteiger partial charge in [0.2, 0.25) is 0 Å². The number of hydrogen-bond donors (Lipinski definition) is 2. The Morgan fingerprint density at radius 2 is 1.59 bits per heavy atom. The summed E-state index contributed by atoms with van der Waals surface area (Å²) >= 11 is 11.8. The molecule has 3 rings (SSSR count). The first-order chi connectivity index (χ1) is 15.3. The summed E-state index contributed by atoms with van der Waals surface area (Å²) < 4.78 is 5.83. The first kappa shape index (κ1) is 23.3. The molecule has 6 nitrogen and oxygen atoms in total. The summed E-state index contributed by atoms with van der Waals surface area (Å²) in [7, 11) is 0. The minimum Gasteiger partial charge on any atom is -0.489 e. The number of carbonyl (C=O) groups is 2. The van der Waals surface area contributed by atoms with Crippen LogP contribution in [0.4, 0.5) is 5.69 Å². The fraction of sp³-hybridized carbons (Fsp3) is 0.125. The molecule has 3 aromatic rings. The van der Waals surface area contributed by atoms with Crippen LogP contribution in [-0.2, 0) is 16.2 Å². The van der Waals surface area contributed by atoms with Crippen molar-refractivity contribution < 1.29 is 14.3 Å². The molecule has 0 heterocycles. The Morgan fingerprint density at radius 1 is 0.938 bits per heavy atom. The van der Waals surface area contributed by atoms with Gasteiger partial charge < -0.3 is 10.1 Å². The van der Waals surface area contributed by atoms with Gasteiger partial charge in [-0.25, -0.2) is 5.43 Å². The topological polar surface area (TPSA) is 79.8 Å². The molecule has 0 saturated carbocycles. The molecule has 0 atom stereocenters. The van der Waals surface area contributed by atoms with Crippen LogP contribution < -0.4 is 15.5 Å². The van der Waals surface area contributed by atoms with Crippen molar-refractivity contribution in [2.24, 2.45) is 5.10 Å². The summed E-state index contributed by atoms with van der Waals surface area (Å²) in [4.78, 5) is 24.1. The first-order valence-corrected chi connectivity index (χ1v) is 10.5. The van der Waals surface area contributed by atoms with E-state index in [1.54, 1.807) is 6.92 Å². The van der Waals surface area contributed by atoms with Crippen LogP contribution in [0.3, 0.4) is 0 Å². The molecule has 0 aliphatic heterocycles. The van der Waals surface area contributed by atoms with Crippen LogP contribution in [0.15, 0.2) is 71.8 Å². The highest BCUT2D eigenvalue weighted by Crippen LogP contribution is 2.22. The lowest BCUT2D eigenvalue weighted by molar-refractivity contribution is -0.136. The summed E-state index contributed by atoms with van der Waals surface area (Å²) in [6.07, 6.45) is 0. The molecule has 8 heteroatoms. The third-order valence-electron chi connectivity index (χ3n) is 4.58. The lowest BCUT2D eigenvalue weighted by Gasteiger charge is -2.09. The van der Waals surface area contributed by atoms with E-state index < -0.39 is 11.8 Å². The third-order valence-corrected chi connectivity index (χ3v) is 5.02. The van der Waals surface area contributed by atoms with Crippen molar-refractivity contribution >= 4 is 46.4 Å². The van der Waals surface area contributed by atoms with Gasteiger partial charge in [0.15, 0.2) is 0 Å². The molecule has 0 fully saturated rings. The lowest BCUT2D eigenvalue weighted by Crippen LogP contribution is -2.32. The Hall–Kier alpha value is -3.35. The lowest BCUT2D eigenvalue weighted by atomic mass is 10.1. The predicted octanol–water partition coefficient (Wildman–Crippen LogP) is 5.36. The van der Waals surface area contributed by atoms with E-state index in [1.807, 2.05) is 55.5 Å². The number of anilines is 1. The zero-order valence-corrected chi connectivity index (χ0v) is 19.0. The van der Waals surface area contributed by atoms with Crippen molar-refractivity contribution in [3.05, 3.63) is 93.5 Å². The molecular weight excluding hydrogens is 449 g/mol. The molecule has 0 aromatic heterocycles. The van der Waals surface area contributed by atoms with E-state index in [2.05, 4.69) is 15.8 Å². The van der Waals surface area contributed by atoms with Gasteiger partial charge in [0.1, 0.15) is 12.4 Å². The Balaban J connectivity index is 1.55. The number of hydrazone groups is 1. The number of nitrogens with zero attached hydrogens (tertiary/aromatic N) is 1.